The number of benzene rings is 1. The minimum absolute atomic E-state index is 0.627. The van der Waals surface area contributed by atoms with Crippen molar-refractivity contribution in [3.8, 4) is 6.07 Å². The number of H-pyrrole nitrogens is 1. The van der Waals surface area contributed by atoms with E-state index in [4.69, 9.17) is 5.26 Å². The molecule has 0 atom stereocenters. The molecule has 0 amide bonds. The largest absolute Gasteiger partial charge is 0.358 e. The lowest BCUT2D eigenvalue weighted by atomic mass is 10.2. The van der Waals surface area contributed by atoms with Crippen molar-refractivity contribution in [2.75, 3.05) is 4.72 Å². The van der Waals surface area contributed by atoms with Crippen molar-refractivity contribution in [1.82, 2.24) is 15.3 Å². The van der Waals surface area contributed by atoms with E-state index in [9.17, 15) is 0 Å². The summed E-state index contributed by atoms with van der Waals surface area (Å²) in [4.78, 5) is 3.08. The molecule has 0 radical (unpaired) electrons. The minimum atomic E-state index is 0.627. The first-order valence-electron chi connectivity index (χ1n) is 5.09. The molecule has 3 rings (SSSR count). The molecule has 0 saturated heterocycles. The maximum atomic E-state index is 8.97. The monoisotopic (exact) mass is 257 g/mol. The average Bonchev–Trinajstić information content (AvgIpc) is 3.05. The number of fused-ring (bicyclic) bond motifs is 1. The van der Waals surface area contributed by atoms with Crippen LogP contribution in [0.4, 0.5) is 5.69 Å². The van der Waals surface area contributed by atoms with Crippen molar-refractivity contribution >= 4 is 28.5 Å². The lowest BCUT2D eigenvalue weighted by Gasteiger charge is -2.03. The Balaban J connectivity index is 1.93. The number of aromatic amines is 1. The summed E-state index contributed by atoms with van der Waals surface area (Å²) in [6.07, 6.45) is 3.21. The summed E-state index contributed by atoms with van der Waals surface area (Å²) in [5, 5.41) is 17.7. The van der Waals surface area contributed by atoms with Crippen molar-refractivity contribution in [2.45, 2.75) is 5.03 Å². The third-order valence-electron chi connectivity index (χ3n) is 2.44. The van der Waals surface area contributed by atoms with Crippen molar-refractivity contribution in [2.24, 2.45) is 0 Å². The maximum Gasteiger partial charge on any atom is 0.181 e. The summed E-state index contributed by atoms with van der Waals surface area (Å²) in [5.41, 5.74) is 2.39. The molecule has 0 spiro atoms. The Morgan fingerprint density at radius 2 is 2.39 bits per heavy atom. The van der Waals surface area contributed by atoms with Gasteiger partial charge in [-0.2, -0.15) is 5.26 Å². The van der Waals surface area contributed by atoms with Crippen LogP contribution in [0.2, 0.25) is 0 Å². The standard InChI is InChI=1S/C11H7N5OS/c12-4-7-5-13-11-8(7)2-1-3-9(11)16-18-10-6-14-17-15-10/h1-3,5-6,13,16H. The second-order valence-corrected chi connectivity index (χ2v) is 4.32. The number of para-hydroxylation sites is 1. The molecule has 0 unspecified atom stereocenters. The molecule has 2 heterocycles. The van der Waals surface area contributed by atoms with Crippen LogP contribution in [-0.2, 0) is 0 Å². The van der Waals surface area contributed by atoms with Gasteiger partial charge in [-0.15, -0.1) is 0 Å². The molecule has 2 N–H and O–H groups in total. The molecule has 0 aliphatic carbocycles. The van der Waals surface area contributed by atoms with E-state index in [0.29, 0.717) is 10.6 Å². The van der Waals surface area contributed by atoms with Crippen LogP contribution in [0, 0.1) is 11.3 Å². The van der Waals surface area contributed by atoms with Crippen molar-refractivity contribution in [1.29, 1.82) is 5.26 Å². The highest BCUT2D eigenvalue weighted by Gasteiger charge is 2.07. The van der Waals surface area contributed by atoms with Gasteiger partial charge in [0.15, 0.2) is 5.03 Å². The fourth-order valence-electron chi connectivity index (χ4n) is 1.64. The predicted molar refractivity (Wildman–Crippen MR) is 66.8 cm³/mol. The van der Waals surface area contributed by atoms with Crippen LogP contribution in [0.3, 0.4) is 0 Å². The SMILES string of the molecule is N#Cc1c[nH]c2c(NSc3cnon3)cccc12. The van der Waals surface area contributed by atoms with Gasteiger partial charge in [-0.1, -0.05) is 17.3 Å². The Morgan fingerprint density at radius 1 is 1.44 bits per heavy atom. The number of hydrogen-bond donors (Lipinski definition) is 2. The zero-order chi connectivity index (χ0) is 12.4. The summed E-state index contributed by atoms with van der Waals surface area (Å²) in [6.45, 7) is 0. The van der Waals surface area contributed by atoms with Gasteiger partial charge in [0.1, 0.15) is 12.3 Å². The van der Waals surface area contributed by atoms with Gasteiger partial charge in [-0.25, -0.2) is 4.63 Å². The van der Waals surface area contributed by atoms with E-state index >= 15 is 0 Å². The number of anilines is 1. The van der Waals surface area contributed by atoms with E-state index in [1.165, 1.54) is 18.1 Å². The molecule has 7 heteroatoms. The summed E-state index contributed by atoms with van der Waals surface area (Å²) in [5.74, 6) is 0. The summed E-state index contributed by atoms with van der Waals surface area (Å²) in [7, 11) is 0. The smallest absolute Gasteiger partial charge is 0.181 e. The number of rotatable bonds is 3. The van der Waals surface area contributed by atoms with Crippen molar-refractivity contribution < 1.29 is 4.63 Å². The Bertz CT molecular complexity index is 713. The van der Waals surface area contributed by atoms with Crippen LogP contribution in [0.15, 0.2) is 40.2 Å². The number of aromatic nitrogens is 3. The van der Waals surface area contributed by atoms with Gasteiger partial charge in [0.2, 0.25) is 0 Å². The van der Waals surface area contributed by atoms with E-state index in [-0.39, 0.29) is 0 Å². The Hall–Kier alpha value is -2.46. The third kappa shape index (κ3) is 1.78. The quantitative estimate of drug-likeness (QED) is 0.701. The molecule has 0 aliphatic heterocycles. The van der Waals surface area contributed by atoms with E-state index in [1.54, 1.807) is 6.20 Å². The number of hydrogen-bond acceptors (Lipinski definition) is 6. The molecule has 18 heavy (non-hydrogen) atoms. The van der Waals surface area contributed by atoms with Crippen LogP contribution >= 0.6 is 11.9 Å². The number of nitrogens with zero attached hydrogens (tertiary/aromatic N) is 3. The highest BCUT2D eigenvalue weighted by atomic mass is 32.2. The van der Waals surface area contributed by atoms with E-state index in [1.807, 2.05) is 18.2 Å². The normalized spacial score (nSPS) is 10.4. The van der Waals surface area contributed by atoms with Gasteiger partial charge in [-0.3, -0.25) is 0 Å². The van der Waals surface area contributed by atoms with Crippen LogP contribution in [0.5, 0.6) is 0 Å². The molecular formula is C11H7N5OS. The lowest BCUT2D eigenvalue weighted by Crippen LogP contribution is -1.88. The zero-order valence-electron chi connectivity index (χ0n) is 9.04. The second-order valence-electron chi connectivity index (χ2n) is 3.49. The zero-order valence-corrected chi connectivity index (χ0v) is 9.86. The van der Waals surface area contributed by atoms with E-state index in [0.717, 1.165) is 16.6 Å². The van der Waals surface area contributed by atoms with Crippen LogP contribution in [-0.4, -0.2) is 15.3 Å². The molecule has 2 aromatic heterocycles. The molecule has 6 nitrogen and oxygen atoms in total. The van der Waals surface area contributed by atoms with E-state index < -0.39 is 0 Å². The molecule has 0 saturated carbocycles. The molecular weight excluding hydrogens is 250 g/mol. The molecule has 0 bridgehead atoms. The van der Waals surface area contributed by atoms with Crippen LogP contribution in [0.1, 0.15) is 5.56 Å². The second kappa shape index (κ2) is 4.43. The first-order chi connectivity index (χ1) is 8.88. The first kappa shape index (κ1) is 10.7. The molecule has 3 aromatic rings. The average molecular weight is 257 g/mol. The molecule has 0 fully saturated rings. The van der Waals surface area contributed by atoms with Gasteiger partial charge in [0.25, 0.3) is 0 Å². The molecule has 0 aliphatic rings. The van der Waals surface area contributed by atoms with Crippen LogP contribution in [0.25, 0.3) is 10.9 Å². The Labute approximate surface area is 106 Å². The molecule has 88 valence electrons. The summed E-state index contributed by atoms with van der Waals surface area (Å²) in [6, 6.07) is 7.85. The van der Waals surface area contributed by atoms with Crippen LogP contribution < -0.4 is 4.72 Å². The van der Waals surface area contributed by atoms with E-state index in [2.05, 4.69) is 30.7 Å². The summed E-state index contributed by atoms with van der Waals surface area (Å²) < 4.78 is 7.64. The van der Waals surface area contributed by atoms with Gasteiger partial charge < -0.3 is 9.71 Å². The third-order valence-corrected chi connectivity index (χ3v) is 3.15. The number of nitriles is 1. The number of nitrogens with one attached hydrogen (secondary N) is 2. The lowest BCUT2D eigenvalue weighted by molar-refractivity contribution is 0.298. The Morgan fingerprint density at radius 3 is 3.17 bits per heavy atom. The Kier molecular flexibility index (Phi) is 2.63. The fraction of sp³-hybridized carbons (Fsp3) is 0. The van der Waals surface area contributed by atoms with Gasteiger partial charge >= 0.3 is 0 Å². The van der Waals surface area contributed by atoms with Gasteiger partial charge in [-0.05, 0) is 11.2 Å². The van der Waals surface area contributed by atoms with Gasteiger partial charge in [0.05, 0.1) is 16.8 Å². The minimum Gasteiger partial charge on any atom is -0.358 e. The highest BCUT2D eigenvalue weighted by molar-refractivity contribution is 8.00. The maximum absolute atomic E-state index is 8.97. The highest BCUT2D eigenvalue weighted by Crippen LogP contribution is 2.28. The molecule has 1 aromatic carbocycles. The summed E-state index contributed by atoms with van der Waals surface area (Å²) >= 11 is 1.29. The first-order valence-corrected chi connectivity index (χ1v) is 5.91. The van der Waals surface area contributed by atoms with Crippen molar-refractivity contribution in [3.63, 3.8) is 0 Å². The predicted octanol–water partition coefficient (Wildman–Crippen LogP) is 2.54. The van der Waals surface area contributed by atoms with Crippen molar-refractivity contribution in [3.05, 3.63) is 36.2 Å². The van der Waals surface area contributed by atoms with Gasteiger partial charge in [0, 0.05) is 23.5 Å². The fourth-order valence-corrected chi connectivity index (χ4v) is 2.19. The topological polar surface area (TPSA) is 90.5 Å².